The predicted octanol–water partition coefficient (Wildman–Crippen LogP) is 0.345. The molecule has 0 radical (unpaired) electrons. The highest BCUT2D eigenvalue weighted by Crippen LogP contribution is 1.95. The van der Waals surface area contributed by atoms with E-state index in [2.05, 4.69) is 15.8 Å². The van der Waals surface area contributed by atoms with Gasteiger partial charge in [-0.3, -0.25) is 15.2 Å². The first-order valence-corrected chi connectivity index (χ1v) is 3.89. The Balaban J connectivity index is 2.54. The van der Waals surface area contributed by atoms with Crippen LogP contribution in [0.2, 0.25) is 0 Å². The number of aromatic nitrogens is 1. The fourth-order valence-electron chi connectivity index (χ4n) is 0.800. The van der Waals surface area contributed by atoms with Crippen LogP contribution in [-0.4, -0.2) is 17.9 Å². The minimum Gasteiger partial charge on any atom is -0.288 e. The molecule has 1 aromatic heterocycles. The van der Waals surface area contributed by atoms with Crippen molar-refractivity contribution in [3.63, 3.8) is 0 Å². The van der Waals surface area contributed by atoms with Crippen molar-refractivity contribution in [1.82, 2.24) is 15.8 Å². The van der Waals surface area contributed by atoms with Gasteiger partial charge in [0.2, 0.25) is 0 Å². The van der Waals surface area contributed by atoms with Gasteiger partial charge in [-0.1, -0.05) is 6.07 Å². The average Bonchev–Trinajstić information content (AvgIpc) is 2.17. The topological polar surface area (TPSA) is 54.0 Å². The van der Waals surface area contributed by atoms with Gasteiger partial charge >= 0.3 is 0 Å². The molecule has 1 amide bonds. The molecule has 68 valence electrons. The largest absolute Gasteiger partial charge is 0.288 e. The molecular formula is C9H11N3O. The molecule has 1 aromatic rings. The van der Waals surface area contributed by atoms with Gasteiger partial charge in [-0.25, -0.2) is 5.43 Å². The van der Waals surface area contributed by atoms with Gasteiger partial charge in [0, 0.05) is 19.3 Å². The minimum absolute atomic E-state index is 0.201. The first-order chi connectivity index (χ1) is 6.33. The Labute approximate surface area is 76.7 Å². The van der Waals surface area contributed by atoms with Crippen LogP contribution < -0.4 is 10.9 Å². The Kier molecular flexibility index (Phi) is 3.66. The van der Waals surface area contributed by atoms with Crippen LogP contribution >= 0.6 is 0 Å². The van der Waals surface area contributed by atoms with Crippen LogP contribution in [0.15, 0.2) is 30.5 Å². The zero-order chi connectivity index (χ0) is 9.52. The average molecular weight is 177 g/mol. The maximum atomic E-state index is 10.9. The van der Waals surface area contributed by atoms with Crippen molar-refractivity contribution in [2.24, 2.45) is 0 Å². The molecule has 4 heteroatoms. The van der Waals surface area contributed by atoms with Gasteiger partial charge in [0.05, 0.1) is 5.69 Å². The molecule has 0 fully saturated rings. The summed E-state index contributed by atoms with van der Waals surface area (Å²) >= 11 is 0. The molecule has 1 heterocycles. The number of nitrogens with one attached hydrogen (secondary N) is 2. The molecule has 0 bridgehead atoms. The van der Waals surface area contributed by atoms with Crippen molar-refractivity contribution in [2.75, 3.05) is 7.05 Å². The van der Waals surface area contributed by atoms with E-state index in [4.69, 9.17) is 0 Å². The third-order valence-corrected chi connectivity index (χ3v) is 1.34. The van der Waals surface area contributed by atoms with Crippen molar-refractivity contribution >= 4 is 12.0 Å². The van der Waals surface area contributed by atoms with E-state index < -0.39 is 0 Å². The maximum absolute atomic E-state index is 10.9. The van der Waals surface area contributed by atoms with Crippen LogP contribution in [0.1, 0.15) is 5.69 Å². The first-order valence-electron chi connectivity index (χ1n) is 3.89. The van der Waals surface area contributed by atoms with Gasteiger partial charge in [0.25, 0.3) is 5.91 Å². The molecule has 0 saturated carbocycles. The molecule has 0 aliphatic heterocycles. The van der Waals surface area contributed by atoms with Crippen LogP contribution in [0.4, 0.5) is 0 Å². The van der Waals surface area contributed by atoms with E-state index in [9.17, 15) is 4.79 Å². The number of hydrazine groups is 1. The van der Waals surface area contributed by atoms with Crippen molar-refractivity contribution in [3.05, 3.63) is 36.2 Å². The van der Waals surface area contributed by atoms with Crippen LogP contribution in [0.25, 0.3) is 6.08 Å². The molecule has 0 aliphatic rings. The number of hydrogen-bond donors (Lipinski definition) is 2. The molecular weight excluding hydrogens is 166 g/mol. The normalized spacial score (nSPS) is 10.2. The van der Waals surface area contributed by atoms with Crippen molar-refractivity contribution < 1.29 is 4.79 Å². The second-order valence-electron chi connectivity index (χ2n) is 2.33. The highest BCUT2D eigenvalue weighted by molar-refractivity contribution is 5.91. The number of amides is 1. The lowest BCUT2D eigenvalue weighted by Crippen LogP contribution is -2.32. The van der Waals surface area contributed by atoms with Crippen LogP contribution in [0.3, 0.4) is 0 Å². The quantitative estimate of drug-likeness (QED) is 0.517. The molecule has 13 heavy (non-hydrogen) atoms. The number of carbonyl (C=O) groups is 1. The van der Waals surface area contributed by atoms with Crippen LogP contribution in [0.5, 0.6) is 0 Å². The lowest BCUT2D eigenvalue weighted by atomic mass is 10.3. The molecule has 0 unspecified atom stereocenters. The molecule has 0 saturated heterocycles. The van der Waals surface area contributed by atoms with E-state index >= 15 is 0 Å². The summed E-state index contributed by atoms with van der Waals surface area (Å²) in [6, 6.07) is 5.51. The summed E-state index contributed by atoms with van der Waals surface area (Å²) in [6.07, 6.45) is 4.74. The summed E-state index contributed by atoms with van der Waals surface area (Å²) in [4.78, 5) is 15.0. The number of pyridine rings is 1. The summed E-state index contributed by atoms with van der Waals surface area (Å²) < 4.78 is 0. The van der Waals surface area contributed by atoms with E-state index in [0.29, 0.717) is 0 Å². The van der Waals surface area contributed by atoms with Crippen molar-refractivity contribution in [1.29, 1.82) is 0 Å². The van der Waals surface area contributed by atoms with Gasteiger partial charge < -0.3 is 0 Å². The first kappa shape index (κ1) is 9.41. The Hall–Kier alpha value is -1.68. The molecule has 1 rings (SSSR count). The smallest absolute Gasteiger partial charge is 0.258 e. The number of carbonyl (C=O) groups excluding carboxylic acids is 1. The van der Waals surface area contributed by atoms with Gasteiger partial charge in [-0.15, -0.1) is 0 Å². The fraction of sp³-hybridized carbons (Fsp3) is 0.111. The fourth-order valence-corrected chi connectivity index (χ4v) is 0.800. The SMILES string of the molecule is CNNC(=O)C=Cc1ccccn1. The summed E-state index contributed by atoms with van der Waals surface area (Å²) in [5.74, 6) is -0.201. The van der Waals surface area contributed by atoms with E-state index in [0.717, 1.165) is 5.69 Å². The van der Waals surface area contributed by atoms with Crippen LogP contribution in [-0.2, 0) is 4.79 Å². The molecule has 4 nitrogen and oxygen atoms in total. The summed E-state index contributed by atoms with van der Waals surface area (Å²) in [6.45, 7) is 0. The lowest BCUT2D eigenvalue weighted by Gasteiger charge is -1.95. The number of rotatable bonds is 3. The molecule has 0 atom stereocenters. The number of hydrogen-bond acceptors (Lipinski definition) is 3. The Morgan fingerprint density at radius 1 is 1.54 bits per heavy atom. The second-order valence-corrected chi connectivity index (χ2v) is 2.33. The van der Waals surface area contributed by atoms with Gasteiger partial charge in [-0.2, -0.15) is 0 Å². The van der Waals surface area contributed by atoms with E-state index in [-0.39, 0.29) is 5.91 Å². The molecule has 2 N–H and O–H groups in total. The third kappa shape index (κ3) is 3.48. The highest BCUT2D eigenvalue weighted by Gasteiger charge is 1.90. The summed E-state index contributed by atoms with van der Waals surface area (Å²) in [7, 11) is 1.63. The van der Waals surface area contributed by atoms with Gasteiger partial charge in [-0.05, 0) is 18.2 Å². The minimum atomic E-state index is -0.201. The second kappa shape index (κ2) is 5.05. The number of nitrogens with zero attached hydrogens (tertiary/aromatic N) is 1. The van der Waals surface area contributed by atoms with Crippen LogP contribution in [0, 0.1) is 0 Å². The van der Waals surface area contributed by atoms with E-state index in [1.165, 1.54) is 6.08 Å². The lowest BCUT2D eigenvalue weighted by molar-refractivity contribution is -0.117. The van der Waals surface area contributed by atoms with E-state index in [1.54, 1.807) is 19.3 Å². The molecule has 0 spiro atoms. The van der Waals surface area contributed by atoms with Crippen molar-refractivity contribution in [2.45, 2.75) is 0 Å². The Morgan fingerprint density at radius 2 is 2.38 bits per heavy atom. The summed E-state index contributed by atoms with van der Waals surface area (Å²) in [5.41, 5.74) is 5.70. The Bertz CT molecular complexity index is 295. The molecule has 0 aromatic carbocycles. The van der Waals surface area contributed by atoms with Gasteiger partial charge in [0.1, 0.15) is 0 Å². The highest BCUT2D eigenvalue weighted by atomic mass is 16.2. The van der Waals surface area contributed by atoms with Crippen molar-refractivity contribution in [3.8, 4) is 0 Å². The van der Waals surface area contributed by atoms with Gasteiger partial charge in [0.15, 0.2) is 0 Å². The zero-order valence-electron chi connectivity index (χ0n) is 7.32. The zero-order valence-corrected chi connectivity index (χ0v) is 7.32. The maximum Gasteiger partial charge on any atom is 0.258 e. The van der Waals surface area contributed by atoms with E-state index in [1.807, 2.05) is 18.2 Å². The summed E-state index contributed by atoms with van der Waals surface area (Å²) in [5, 5.41) is 0. The predicted molar refractivity (Wildman–Crippen MR) is 50.5 cm³/mol. The third-order valence-electron chi connectivity index (χ3n) is 1.34. The monoisotopic (exact) mass is 177 g/mol. The Morgan fingerprint density at radius 3 is 3.00 bits per heavy atom. The molecule has 0 aliphatic carbocycles. The standard InChI is InChI=1S/C9H11N3O/c1-10-12-9(13)6-5-8-4-2-3-7-11-8/h2-7,10H,1H3,(H,12,13).